The highest BCUT2D eigenvalue weighted by Crippen LogP contribution is 2.16. The number of aliphatic hydroxyl groups is 1. The molecule has 4 nitrogen and oxygen atoms in total. The van der Waals surface area contributed by atoms with Crippen molar-refractivity contribution in [3.8, 4) is 11.8 Å². The van der Waals surface area contributed by atoms with E-state index < -0.39 is 0 Å². The van der Waals surface area contributed by atoms with E-state index in [4.69, 9.17) is 5.11 Å². The number of aliphatic hydroxyl groups excluding tert-OH is 1. The number of hydrogen-bond acceptors (Lipinski definition) is 4. The van der Waals surface area contributed by atoms with Crippen molar-refractivity contribution in [2.24, 2.45) is 0 Å². The molecule has 1 amide bonds. The van der Waals surface area contributed by atoms with Gasteiger partial charge in [-0.2, -0.15) is 0 Å². The van der Waals surface area contributed by atoms with Crippen molar-refractivity contribution in [2.45, 2.75) is 13.5 Å². The highest BCUT2D eigenvalue weighted by atomic mass is 32.1. The molecular weight excluding hydrogens is 284 g/mol. The van der Waals surface area contributed by atoms with E-state index in [-0.39, 0.29) is 12.5 Å². The van der Waals surface area contributed by atoms with Gasteiger partial charge >= 0.3 is 0 Å². The van der Waals surface area contributed by atoms with Gasteiger partial charge in [0.2, 0.25) is 0 Å². The van der Waals surface area contributed by atoms with Crippen molar-refractivity contribution in [1.82, 2.24) is 9.88 Å². The normalized spacial score (nSPS) is 9.86. The molecule has 0 aliphatic rings. The lowest BCUT2D eigenvalue weighted by molar-refractivity contribution is 0.0778. The average Bonchev–Trinajstić information content (AvgIpc) is 2.92. The summed E-state index contributed by atoms with van der Waals surface area (Å²) in [5, 5.41) is 10.6. The van der Waals surface area contributed by atoms with Crippen molar-refractivity contribution in [3.05, 3.63) is 51.5 Å². The number of carbonyl (C=O) groups is 1. The number of rotatable bonds is 3. The maximum absolute atomic E-state index is 12.4. The smallest absolute Gasteiger partial charge is 0.272 e. The summed E-state index contributed by atoms with van der Waals surface area (Å²) >= 11 is 1.50. The molecule has 0 bridgehead atoms. The number of aromatic nitrogens is 1. The molecule has 2 aromatic heterocycles. The van der Waals surface area contributed by atoms with E-state index in [0.29, 0.717) is 12.2 Å². The third-order valence-corrected chi connectivity index (χ3v) is 3.82. The quantitative estimate of drug-likeness (QED) is 0.883. The molecule has 0 atom stereocenters. The molecule has 1 N–H and O–H groups in total. The van der Waals surface area contributed by atoms with Crippen LogP contribution < -0.4 is 0 Å². The van der Waals surface area contributed by atoms with Gasteiger partial charge in [-0.05, 0) is 35.6 Å². The first-order valence-electron chi connectivity index (χ1n) is 6.46. The molecule has 21 heavy (non-hydrogen) atoms. The van der Waals surface area contributed by atoms with E-state index in [2.05, 4.69) is 16.8 Å². The zero-order valence-corrected chi connectivity index (χ0v) is 12.8. The molecule has 0 aliphatic heterocycles. The number of nitrogens with zero attached hydrogens (tertiary/aromatic N) is 2. The van der Waals surface area contributed by atoms with Crippen molar-refractivity contribution >= 4 is 17.2 Å². The van der Waals surface area contributed by atoms with Gasteiger partial charge in [0.1, 0.15) is 12.3 Å². The van der Waals surface area contributed by atoms with Gasteiger partial charge < -0.3 is 10.0 Å². The van der Waals surface area contributed by atoms with E-state index in [1.807, 2.05) is 30.5 Å². The Balaban J connectivity index is 2.07. The molecule has 0 aromatic carbocycles. The Kier molecular flexibility index (Phi) is 5.09. The van der Waals surface area contributed by atoms with Crippen LogP contribution in [0.15, 0.2) is 29.8 Å². The van der Waals surface area contributed by atoms with E-state index in [9.17, 15) is 4.79 Å². The van der Waals surface area contributed by atoms with Gasteiger partial charge in [0.15, 0.2) is 0 Å². The van der Waals surface area contributed by atoms with Gasteiger partial charge in [0.05, 0.1) is 4.88 Å². The van der Waals surface area contributed by atoms with Crippen LogP contribution in [0.25, 0.3) is 0 Å². The van der Waals surface area contributed by atoms with Crippen molar-refractivity contribution < 1.29 is 9.90 Å². The summed E-state index contributed by atoms with van der Waals surface area (Å²) in [7, 11) is 1.76. The first-order chi connectivity index (χ1) is 10.1. The topological polar surface area (TPSA) is 53.4 Å². The first kappa shape index (κ1) is 15.2. The average molecular weight is 300 g/mol. The minimum atomic E-state index is -0.148. The number of pyridine rings is 1. The summed E-state index contributed by atoms with van der Waals surface area (Å²) in [6.07, 6.45) is 1.63. The number of aryl methyl sites for hydroxylation is 1. The minimum Gasteiger partial charge on any atom is -0.384 e. The zero-order valence-electron chi connectivity index (χ0n) is 12.0. The lowest BCUT2D eigenvalue weighted by Gasteiger charge is -2.16. The fraction of sp³-hybridized carbons (Fsp3) is 0.250. The van der Waals surface area contributed by atoms with E-state index in [1.165, 1.54) is 11.3 Å². The summed E-state index contributed by atoms with van der Waals surface area (Å²) in [4.78, 5) is 19.0. The SMILES string of the molecule is Cc1cccnc1C(=O)N(C)Cc1csc(C#CCO)c1. The van der Waals surface area contributed by atoms with Gasteiger partial charge in [0, 0.05) is 19.8 Å². The molecule has 0 spiro atoms. The molecule has 0 radical (unpaired) electrons. The Hall–Kier alpha value is -2.16. The maximum atomic E-state index is 12.4. The molecule has 2 heterocycles. The summed E-state index contributed by atoms with van der Waals surface area (Å²) < 4.78 is 0. The Morgan fingerprint density at radius 2 is 2.33 bits per heavy atom. The third kappa shape index (κ3) is 3.91. The second kappa shape index (κ2) is 7.02. The summed E-state index contributed by atoms with van der Waals surface area (Å²) in [5.74, 6) is 5.38. The molecule has 2 aromatic rings. The summed E-state index contributed by atoms with van der Waals surface area (Å²) in [6, 6.07) is 5.63. The second-order valence-electron chi connectivity index (χ2n) is 4.61. The van der Waals surface area contributed by atoms with E-state index in [0.717, 1.165) is 16.0 Å². The molecule has 0 saturated carbocycles. The number of carbonyl (C=O) groups excluding carboxylic acids is 1. The molecule has 5 heteroatoms. The highest BCUT2D eigenvalue weighted by molar-refractivity contribution is 7.10. The van der Waals surface area contributed by atoms with Gasteiger partial charge in [-0.3, -0.25) is 9.78 Å². The summed E-state index contributed by atoms with van der Waals surface area (Å²) in [5.41, 5.74) is 2.37. The van der Waals surface area contributed by atoms with Crippen LogP contribution in [0.1, 0.15) is 26.5 Å². The van der Waals surface area contributed by atoms with E-state index >= 15 is 0 Å². The maximum Gasteiger partial charge on any atom is 0.272 e. The predicted molar refractivity (Wildman–Crippen MR) is 83.1 cm³/mol. The van der Waals surface area contributed by atoms with Crippen LogP contribution >= 0.6 is 11.3 Å². The second-order valence-corrected chi connectivity index (χ2v) is 5.52. The van der Waals surface area contributed by atoms with Gasteiger partial charge in [-0.1, -0.05) is 17.9 Å². The largest absolute Gasteiger partial charge is 0.384 e. The first-order valence-corrected chi connectivity index (χ1v) is 7.34. The highest BCUT2D eigenvalue weighted by Gasteiger charge is 2.15. The lowest BCUT2D eigenvalue weighted by atomic mass is 10.2. The van der Waals surface area contributed by atoms with Crippen molar-refractivity contribution in [2.75, 3.05) is 13.7 Å². The number of hydrogen-bond donors (Lipinski definition) is 1. The number of amides is 1. The van der Waals surface area contributed by atoms with Crippen LogP contribution in [0, 0.1) is 18.8 Å². The predicted octanol–water partition coefficient (Wildman–Crippen LogP) is 2.07. The monoisotopic (exact) mass is 300 g/mol. The lowest BCUT2D eigenvalue weighted by Crippen LogP contribution is -2.27. The van der Waals surface area contributed by atoms with Crippen LogP contribution in [0.2, 0.25) is 0 Å². The Labute approximate surface area is 128 Å². The minimum absolute atomic E-state index is 0.0951. The fourth-order valence-corrected chi connectivity index (χ4v) is 2.66. The van der Waals surface area contributed by atoms with Crippen LogP contribution in [0.3, 0.4) is 0 Å². The van der Waals surface area contributed by atoms with Crippen LogP contribution in [-0.2, 0) is 6.54 Å². The van der Waals surface area contributed by atoms with Crippen molar-refractivity contribution in [1.29, 1.82) is 0 Å². The van der Waals surface area contributed by atoms with Crippen molar-refractivity contribution in [3.63, 3.8) is 0 Å². The number of thiophene rings is 1. The standard InChI is InChI=1S/C16H16N2O2S/c1-12-5-3-7-17-15(12)16(20)18(2)10-13-9-14(21-11-13)6-4-8-19/h3,5,7,9,11,19H,8,10H2,1-2H3. The zero-order chi connectivity index (χ0) is 15.2. The molecule has 2 rings (SSSR count). The van der Waals surface area contributed by atoms with Crippen LogP contribution in [0.5, 0.6) is 0 Å². The third-order valence-electron chi connectivity index (χ3n) is 2.92. The van der Waals surface area contributed by atoms with Gasteiger partial charge in [0.25, 0.3) is 5.91 Å². The Bertz CT molecular complexity index is 698. The molecule has 0 saturated heterocycles. The summed E-state index contributed by atoms with van der Waals surface area (Å²) in [6.45, 7) is 2.23. The molecule has 0 unspecified atom stereocenters. The molecular formula is C16H16N2O2S. The van der Waals surface area contributed by atoms with Crippen LogP contribution in [-0.4, -0.2) is 34.6 Å². The van der Waals surface area contributed by atoms with Gasteiger partial charge in [-0.25, -0.2) is 0 Å². The van der Waals surface area contributed by atoms with E-state index in [1.54, 1.807) is 18.1 Å². The molecule has 0 aliphatic carbocycles. The molecule has 108 valence electrons. The molecule has 0 fully saturated rings. The van der Waals surface area contributed by atoms with Crippen LogP contribution in [0.4, 0.5) is 0 Å². The Morgan fingerprint density at radius 1 is 1.52 bits per heavy atom. The van der Waals surface area contributed by atoms with Gasteiger partial charge in [-0.15, -0.1) is 11.3 Å². The Morgan fingerprint density at radius 3 is 3.05 bits per heavy atom. The fourth-order valence-electron chi connectivity index (χ4n) is 1.89.